The topological polar surface area (TPSA) is 41.6 Å². The lowest BCUT2D eigenvalue weighted by molar-refractivity contribution is 0.0950. The van der Waals surface area contributed by atoms with Crippen molar-refractivity contribution in [2.24, 2.45) is 5.92 Å². The van der Waals surface area contributed by atoms with Crippen LogP contribution in [0.15, 0.2) is 48.5 Å². The second-order valence-electron chi connectivity index (χ2n) is 7.67. The van der Waals surface area contributed by atoms with Crippen molar-refractivity contribution in [3.8, 4) is 5.75 Å². The number of nitrogens with one attached hydrogen (secondary N) is 1. The minimum atomic E-state index is -0.0685. The Morgan fingerprint density at radius 1 is 1.07 bits per heavy atom. The molecular formula is C23H30N2O2. The van der Waals surface area contributed by atoms with Gasteiger partial charge in [0.25, 0.3) is 5.91 Å². The Balaban J connectivity index is 1.60. The van der Waals surface area contributed by atoms with Gasteiger partial charge in [0.15, 0.2) is 0 Å². The van der Waals surface area contributed by atoms with Gasteiger partial charge in [0.1, 0.15) is 5.75 Å². The molecule has 1 saturated heterocycles. The van der Waals surface area contributed by atoms with E-state index in [1.807, 2.05) is 30.3 Å². The lowest BCUT2D eigenvalue weighted by Gasteiger charge is -2.18. The Hall–Kier alpha value is -2.33. The van der Waals surface area contributed by atoms with Gasteiger partial charge >= 0.3 is 0 Å². The third-order valence-corrected chi connectivity index (χ3v) is 4.83. The van der Waals surface area contributed by atoms with Crippen molar-refractivity contribution in [3.63, 3.8) is 0 Å². The fourth-order valence-corrected chi connectivity index (χ4v) is 3.33. The first-order valence-electron chi connectivity index (χ1n) is 9.92. The summed E-state index contributed by atoms with van der Waals surface area (Å²) in [5.74, 6) is 1.13. The van der Waals surface area contributed by atoms with E-state index in [-0.39, 0.29) is 5.91 Å². The summed E-state index contributed by atoms with van der Waals surface area (Å²) in [6.07, 6.45) is 2.57. The van der Waals surface area contributed by atoms with E-state index in [4.69, 9.17) is 4.74 Å². The number of hydrogen-bond donors (Lipinski definition) is 1. The van der Waals surface area contributed by atoms with Crippen molar-refractivity contribution in [1.82, 2.24) is 10.2 Å². The van der Waals surface area contributed by atoms with Gasteiger partial charge in [-0.25, -0.2) is 0 Å². The molecule has 0 unspecified atom stereocenters. The average molecular weight is 367 g/mol. The number of ether oxygens (including phenoxy) is 1. The maximum atomic E-state index is 12.6. The molecule has 3 rings (SSSR count). The normalized spacial score (nSPS) is 14.5. The van der Waals surface area contributed by atoms with Crippen LogP contribution in [0.3, 0.4) is 0 Å². The number of carbonyl (C=O) groups is 1. The molecule has 144 valence electrons. The number of nitrogens with zero attached hydrogens (tertiary/aromatic N) is 1. The summed E-state index contributed by atoms with van der Waals surface area (Å²) in [5.41, 5.74) is 3.12. The van der Waals surface area contributed by atoms with Crippen molar-refractivity contribution < 1.29 is 9.53 Å². The van der Waals surface area contributed by atoms with Crippen molar-refractivity contribution >= 4 is 5.91 Å². The smallest absolute Gasteiger partial charge is 0.251 e. The molecule has 0 aromatic heterocycles. The summed E-state index contributed by atoms with van der Waals surface area (Å²) < 4.78 is 5.73. The van der Waals surface area contributed by atoms with Crippen molar-refractivity contribution in [2.45, 2.75) is 39.8 Å². The summed E-state index contributed by atoms with van der Waals surface area (Å²) in [5, 5.41) is 3.06. The summed E-state index contributed by atoms with van der Waals surface area (Å²) >= 11 is 0. The van der Waals surface area contributed by atoms with E-state index in [1.165, 1.54) is 37.1 Å². The molecule has 1 fully saturated rings. The fourth-order valence-electron chi connectivity index (χ4n) is 3.33. The van der Waals surface area contributed by atoms with Crippen LogP contribution in [0.25, 0.3) is 0 Å². The van der Waals surface area contributed by atoms with Crippen LogP contribution in [0.2, 0.25) is 0 Å². The number of benzene rings is 2. The van der Waals surface area contributed by atoms with Gasteiger partial charge in [0, 0.05) is 18.7 Å². The van der Waals surface area contributed by atoms with E-state index in [9.17, 15) is 4.79 Å². The van der Waals surface area contributed by atoms with Crippen LogP contribution in [0, 0.1) is 5.92 Å². The fraction of sp³-hybridized carbons (Fsp3) is 0.435. The highest BCUT2D eigenvalue weighted by molar-refractivity contribution is 5.94. The highest BCUT2D eigenvalue weighted by Gasteiger charge is 2.14. The number of amides is 1. The Bertz CT molecular complexity index is 752. The van der Waals surface area contributed by atoms with Gasteiger partial charge < -0.3 is 10.1 Å². The van der Waals surface area contributed by atoms with Crippen LogP contribution in [0.1, 0.15) is 48.2 Å². The first-order chi connectivity index (χ1) is 13.1. The zero-order valence-electron chi connectivity index (χ0n) is 16.4. The van der Waals surface area contributed by atoms with Crippen molar-refractivity contribution in [1.29, 1.82) is 0 Å². The SMILES string of the molecule is CC(C)COc1cccc(C(=O)NCc2ccccc2CN2CCCC2)c1. The molecule has 0 radical (unpaired) electrons. The minimum absolute atomic E-state index is 0.0685. The lowest BCUT2D eigenvalue weighted by atomic mass is 10.1. The van der Waals surface area contributed by atoms with Gasteiger partial charge in [-0.05, 0) is 61.2 Å². The van der Waals surface area contributed by atoms with E-state index < -0.39 is 0 Å². The van der Waals surface area contributed by atoms with Gasteiger partial charge in [0.05, 0.1) is 6.61 Å². The standard InChI is InChI=1S/C23H30N2O2/c1-18(2)17-27-22-11-7-10-19(14-22)23(26)24-15-20-8-3-4-9-21(20)16-25-12-5-6-13-25/h3-4,7-11,14,18H,5-6,12-13,15-17H2,1-2H3,(H,24,26). The summed E-state index contributed by atoms with van der Waals surface area (Å²) in [7, 11) is 0. The van der Waals surface area contributed by atoms with Crippen LogP contribution >= 0.6 is 0 Å². The van der Waals surface area contributed by atoms with Gasteiger partial charge in [-0.2, -0.15) is 0 Å². The van der Waals surface area contributed by atoms with Crippen molar-refractivity contribution in [2.75, 3.05) is 19.7 Å². The van der Waals surface area contributed by atoms with E-state index in [2.05, 4.69) is 42.3 Å². The van der Waals surface area contributed by atoms with Crippen LogP contribution < -0.4 is 10.1 Å². The zero-order valence-corrected chi connectivity index (χ0v) is 16.4. The third kappa shape index (κ3) is 5.83. The first-order valence-corrected chi connectivity index (χ1v) is 9.92. The molecule has 0 spiro atoms. The Kier molecular flexibility index (Phi) is 6.88. The molecule has 0 saturated carbocycles. The molecule has 1 heterocycles. The minimum Gasteiger partial charge on any atom is -0.493 e. The van der Waals surface area contributed by atoms with Crippen LogP contribution in [0.5, 0.6) is 5.75 Å². The highest BCUT2D eigenvalue weighted by Crippen LogP contribution is 2.17. The average Bonchev–Trinajstić information content (AvgIpc) is 3.19. The van der Waals surface area contributed by atoms with Gasteiger partial charge in [0.2, 0.25) is 0 Å². The molecule has 1 amide bonds. The molecule has 0 atom stereocenters. The van der Waals surface area contributed by atoms with Crippen LogP contribution in [-0.2, 0) is 13.1 Å². The Labute approximate surface area is 162 Å². The number of hydrogen-bond acceptors (Lipinski definition) is 3. The monoisotopic (exact) mass is 366 g/mol. The van der Waals surface area contributed by atoms with E-state index >= 15 is 0 Å². The Morgan fingerprint density at radius 2 is 1.81 bits per heavy atom. The van der Waals surface area contributed by atoms with Gasteiger partial charge in [-0.1, -0.05) is 44.2 Å². The maximum absolute atomic E-state index is 12.6. The van der Waals surface area contributed by atoms with E-state index in [0.29, 0.717) is 24.6 Å². The summed E-state index contributed by atoms with van der Waals surface area (Å²) in [4.78, 5) is 15.1. The van der Waals surface area contributed by atoms with E-state index in [0.717, 1.165) is 12.3 Å². The lowest BCUT2D eigenvalue weighted by Crippen LogP contribution is -2.25. The first kappa shape index (κ1) is 19.4. The van der Waals surface area contributed by atoms with E-state index in [1.54, 1.807) is 0 Å². The second-order valence-corrected chi connectivity index (χ2v) is 7.67. The molecule has 2 aromatic rings. The molecule has 27 heavy (non-hydrogen) atoms. The Morgan fingerprint density at radius 3 is 2.56 bits per heavy atom. The molecule has 4 heteroatoms. The molecule has 4 nitrogen and oxygen atoms in total. The molecule has 1 aliphatic rings. The largest absolute Gasteiger partial charge is 0.493 e. The third-order valence-electron chi connectivity index (χ3n) is 4.83. The molecule has 1 aliphatic heterocycles. The van der Waals surface area contributed by atoms with Crippen LogP contribution in [-0.4, -0.2) is 30.5 Å². The summed E-state index contributed by atoms with van der Waals surface area (Å²) in [6, 6.07) is 15.8. The highest BCUT2D eigenvalue weighted by atomic mass is 16.5. The molecule has 0 bridgehead atoms. The number of carbonyl (C=O) groups excluding carboxylic acids is 1. The summed E-state index contributed by atoms with van der Waals surface area (Å²) in [6.45, 7) is 8.71. The van der Waals surface area contributed by atoms with Gasteiger partial charge in [-0.15, -0.1) is 0 Å². The molecular weight excluding hydrogens is 336 g/mol. The predicted octanol–water partition coefficient (Wildman–Crippen LogP) is 4.25. The van der Waals surface area contributed by atoms with Gasteiger partial charge in [-0.3, -0.25) is 9.69 Å². The molecule has 0 aliphatic carbocycles. The number of likely N-dealkylation sites (tertiary alicyclic amines) is 1. The van der Waals surface area contributed by atoms with Crippen molar-refractivity contribution in [3.05, 3.63) is 65.2 Å². The second kappa shape index (κ2) is 9.56. The van der Waals surface area contributed by atoms with Crippen LogP contribution in [0.4, 0.5) is 0 Å². The molecule has 1 N–H and O–H groups in total. The quantitative estimate of drug-likeness (QED) is 0.759. The zero-order chi connectivity index (χ0) is 19.1. The maximum Gasteiger partial charge on any atom is 0.251 e. The predicted molar refractivity (Wildman–Crippen MR) is 109 cm³/mol. The molecule has 2 aromatic carbocycles. The number of rotatable bonds is 8.